The number of anilines is 1. The number of carbonyl (C=O) groups is 1. The number of aromatic nitrogens is 3. The minimum Gasteiger partial charge on any atom is -0.481 e. The molecule has 0 aliphatic heterocycles. The number of carboxylic acids is 1. The van der Waals surface area contributed by atoms with E-state index in [-0.39, 0.29) is 5.75 Å². The molecule has 1 aliphatic carbocycles. The van der Waals surface area contributed by atoms with E-state index in [2.05, 4.69) is 28.9 Å². The SMILES string of the molecule is CC(C)N(CC1CC1)c1nnc(SCC(=O)O)n1C. The van der Waals surface area contributed by atoms with Crippen molar-refractivity contribution in [1.82, 2.24) is 14.8 Å². The zero-order chi connectivity index (χ0) is 14.0. The molecule has 0 amide bonds. The first kappa shape index (κ1) is 14.2. The Kier molecular flexibility index (Phi) is 4.34. The monoisotopic (exact) mass is 284 g/mol. The smallest absolute Gasteiger partial charge is 0.313 e. The van der Waals surface area contributed by atoms with Gasteiger partial charge in [-0.05, 0) is 32.6 Å². The zero-order valence-corrected chi connectivity index (χ0v) is 12.4. The molecule has 19 heavy (non-hydrogen) atoms. The number of thioether (sulfide) groups is 1. The van der Waals surface area contributed by atoms with Crippen molar-refractivity contribution in [2.75, 3.05) is 17.2 Å². The summed E-state index contributed by atoms with van der Waals surface area (Å²) in [6, 6.07) is 0.362. The van der Waals surface area contributed by atoms with Gasteiger partial charge < -0.3 is 10.0 Å². The van der Waals surface area contributed by atoms with E-state index in [1.54, 1.807) is 0 Å². The third kappa shape index (κ3) is 3.62. The highest BCUT2D eigenvalue weighted by atomic mass is 32.2. The predicted molar refractivity (Wildman–Crippen MR) is 74.6 cm³/mol. The summed E-state index contributed by atoms with van der Waals surface area (Å²) in [6.45, 7) is 5.29. The molecule has 0 aromatic carbocycles. The van der Waals surface area contributed by atoms with Crippen LogP contribution in [0.3, 0.4) is 0 Å². The van der Waals surface area contributed by atoms with Gasteiger partial charge in [0.1, 0.15) is 0 Å². The van der Waals surface area contributed by atoms with Crippen LogP contribution in [0, 0.1) is 5.92 Å². The lowest BCUT2D eigenvalue weighted by Gasteiger charge is -2.27. The molecule has 0 radical (unpaired) electrons. The molecule has 0 unspecified atom stereocenters. The van der Waals surface area contributed by atoms with Gasteiger partial charge in [-0.1, -0.05) is 11.8 Å². The molecule has 2 rings (SSSR count). The maximum absolute atomic E-state index is 10.6. The van der Waals surface area contributed by atoms with E-state index in [0.717, 1.165) is 18.4 Å². The first-order chi connectivity index (χ1) is 8.99. The first-order valence-electron chi connectivity index (χ1n) is 6.49. The molecular weight excluding hydrogens is 264 g/mol. The Balaban J connectivity index is 2.10. The highest BCUT2D eigenvalue weighted by molar-refractivity contribution is 7.99. The van der Waals surface area contributed by atoms with Crippen molar-refractivity contribution < 1.29 is 9.90 Å². The topological polar surface area (TPSA) is 71.2 Å². The van der Waals surface area contributed by atoms with Crippen molar-refractivity contribution in [3.8, 4) is 0 Å². The fourth-order valence-electron chi connectivity index (χ4n) is 1.91. The fourth-order valence-corrected chi connectivity index (χ4v) is 2.54. The molecule has 0 saturated heterocycles. The van der Waals surface area contributed by atoms with Crippen LogP contribution in [0.15, 0.2) is 5.16 Å². The van der Waals surface area contributed by atoms with Crippen LogP contribution >= 0.6 is 11.8 Å². The van der Waals surface area contributed by atoms with Crippen molar-refractivity contribution in [3.63, 3.8) is 0 Å². The molecule has 1 aromatic heterocycles. The van der Waals surface area contributed by atoms with E-state index >= 15 is 0 Å². The Hall–Kier alpha value is -1.24. The van der Waals surface area contributed by atoms with E-state index in [4.69, 9.17) is 5.11 Å². The maximum atomic E-state index is 10.6. The molecule has 1 heterocycles. The number of rotatable bonds is 7. The lowest BCUT2D eigenvalue weighted by Crippen LogP contribution is -2.34. The normalized spacial score (nSPS) is 14.9. The third-order valence-electron chi connectivity index (χ3n) is 3.17. The van der Waals surface area contributed by atoms with Crippen LogP contribution in [0.1, 0.15) is 26.7 Å². The van der Waals surface area contributed by atoms with Gasteiger partial charge in [0.15, 0.2) is 5.16 Å². The average molecular weight is 284 g/mol. The summed E-state index contributed by atoms with van der Waals surface area (Å²) in [5, 5.41) is 17.7. The third-order valence-corrected chi connectivity index (χ3v) is 4.17. The second-order valence-corrected chi connectivity index (χ2v) is 6.16. The predicted octanol–water partition coefficient (Wildman–Crippen LogP) is 1.62. The molecule has 0 bridgehead atoms. The molecule has 1 N–H and O–H groups in total. The van der Waals surface area contributed by atoms with E-state index in [0.29, 0.717) is 11.2 Å². The summed E-state index contributed by atoms with van der Waals surface area (Å²) in [4.78, 5) is 12.8. The standard InChI is InChI=1S/C12H20N4O2S/c1-8(2)16(6-9-4-5-9)11-13-14-12(15(11)3)19-7-10(17)18/h8-9H,4-7H2,1-3H3,(H,17,18). The van der Waals surface area contributed by atoms with Gasteiger partial charge in [-0.25, -0.2) is 0 Å². The molecule has 7 heteroatoms. The van der Waals surface area contributed by atoms with E-state index < -0.39 is 5.97 Å². The molecule has 1 aliphatic rings. The van der Waals surface area contributed by atoms with Gasteiger partial charge in [-0.2, -0.15) is 0 Å². The maximum Gasteiger partial charge on any atom is 0.313 e. The highest BCUT2D eigenvalue weighted by Crippen LogP contribution is 2.32. The minimum atomic E-state index is -0.840. The van der Waals surface area contributed by atoms with Crippen LogP contribution in [-0.4, -0.2) is 44.2 Å². The van der Waals surface area contributed by atoms with Gasteiger partial charge in [0, 0.05) is 19.6 Å². The molecule has 6 nitrogen and oxygen atoms in total. The fraction of sp³-hybridized carbons (Fsp3) is 0.750. The van der Waals surface area contributed by atoms with Gasteiger partial charge >= 0.3 is 5.97 Å². The number of aliphatic carboxylic acids is 1. The second kappa shape index (κ2) is 5.81. The quantitative estimate of drug-likeness (QED) is 0.767. The van der Waals surface area contributed by atoms with E-state index in [1.807, 2.05) is 11.6 Å². The zero-order valence-electron chi connectivity index (χ0n) is 11.5. The molecule has 1 saturated carbocycles. The number of hydrogen-bond donors (Lipinski definition) is 1. The lowest BCUT2D eigenvalue weighted by molar-refractivity contribution is -0.133. The van der Waals surface area contributed by atoms with Crippen molar-refractivity contribution in [2.24, 2.45) is 13.0 Å². The number of carboxylic acid groups (broad SMARTS) is 1. The van der Waals surface area contributed by atoms with Gasteiger partial charge in [0.25, 0.3) is 0 Å². The summed E-state index contributed by atoms with van der Waals surface area (Å²) < 4.78 is 1.88. The molecule has 106 valence electrons. The van der Waals surface area contributed by atoms with Crippen molar-refractivity contribution >= 4 is 23.7 Å². The number of nitrogens with zero attached hydrogens (tertiary/aromatic N) is 4. The van der Waals surface area contributed by atoms with E-state index in [9.17, 15) is 4.79 Å². The van der Waals surface area contributed by atoms with Crippen LogP contribution in [0.5, 0.6) is 0 Å². The Morgan fingerprint density at radius 3 is 2.74 bits per heavy atom. The minimum absolute atomic E-state index is 0.0102. The molecule has 0 spiro atoms. The van der Waals surface area contributed by atoms with E-state index in [1.165, 1.54) is 24.6 Å². The summed E-state index contributed by atoms with van der Waals surface area (Å²) in [5.74, 6) is 0.772. The van der Waals surface area contributed by atoms with Gasteiger partial charge in [-0.15, -0.1) is 10.2 Å². The summed E-state index contributed by atoms with van der Waals surface area (Å²) in [7, 11) is 1.89. The summed E-state index contributed by atoms with van der Waals surface area (Å²) >= 11 is 1.20. The Morgan fingerprint density at radius 1 is 1.53 bits per heavy atom. The van der Waals surface area contributed by atoms with Crippen molar-refractivity contribution in [2.45, 2.75) is 37.9 Å². The molecule has 1 aromatic rings. The Labute approximate surface area is 117 Å². The van der Waals surface area contributed by atoms with Crippen LogP contribution in [-0.2, 0) is 11.8 Å². The van der Waals surface area contributed by atoms with Crippen LogP contribution < -0.4 is 4.90 Å². The first-order valence-corrected chi connectivity index (χ1v) is 7.48. The van der Waals surface area contributed by atoms with Gasteiger partial charge in [0.05, 0.1) is 5.75 Å². The average Bonchev–Trinajstić information content (AvgIpc) is 3.08. The van der Waals surface area contributed by atoms with Crippen molar-refractivity contribution in [3.05, 3.63) is 0 Å². The summed E-state index contributed by atoms with van der Waals surface area (Å²) in [6.07, 6.45) is 2.59. The lowest BCUT2D eigenvalue weighted by atomic mass is 10.3. The number of hydrogen-bond acceptors (Lipinski definition) is 5. The summed E-state index contributed by atoms with van der Waals surface area (Å²) in [5.41, 5.74) is 0. The van der Waals surface area contributed by atoms with Gasteiger partial charge in [-0.3, -0.25) is 9.36 Å². The van der Waals surface area contributed by atoms with Crippen LogP contribution in [0.4, 0.5) is 5.95 Å². The highest BCUT2D eigenvalue weighted by Gasteiger charge is 2.28. The van der Waals surface area contributed by atoms with Crippen LogP contribution in [0.2, 0.25) is 0 Å². The molecular formula is C12H20N4O2S. The van der Waals surface area contributed by atoms with Crippen LogP contribution in [0.25, 0.3) is 0 Å². The van der Waals surface area contributed by atoms with Gasteiger partial charge in [0.2, 0.25) is 5.95 Å². The largest absolute Gasteiger partial charge is 0.481 e. The molecule has 0 atom stereocenters. The Morgan fingerprint density at radius 2 is 2.21 bits per heavy atom. The van der Waals surface area contributed by atoms with Crippen molar-refractivity contribution in [1.29, 1.82) is 0 Å². The second-order valence-electron chi connectivity index (χ2n) is 5.21. The Bertz CT molecular complexity index is 457. The molecule has 1 fully saturated rings.